The van der Waals surface area contributed by atoms with E-state index in [0.29, 0.717) is 0 Å². The molecule has 0 N–H and O–H groups in total. The van der Waals surface area contributed by atoms with Gasteiger partial charge in [0.1, 0.15) is 41.7 Å². The van der Waals surface area contributed by atoms with Gasteiger partial charge in [-0.2, -0.15) is 0 Å². The Kier molecular flexibility index (Phi) is 7.00. The molecule has 0 fully saturated rings. The van der Waals surface area contributed by atoms with Crippen molar-refractivity contribution in [2.45, 2.75) is 0 Å². The van der Waals surface area contributed by atoms with E-state index < -0.39 is 0 Å². The normalized spacial score (nSPS) is 13.8. The summed E-state index contributed by atoms with van der Waals surface area (Å²) in [5.41, 5.74) is 14.0. The van der Waals surface area contributed by atoms with Crippen molar-refractivity contribution in [2.75, 3.05) is 19.6 Å². The van der Waals surface area contributed by atoms with Gasteiger partial charge in [-0.3, -0.25) is 14.7 Å². The Balaban J connectivity index is 1.14. The van der Waals surface area contributed by atoms with Crippen LogP contribution in [0.3, 0.4) is 0 Å². The molecule has 9 aromatic rings. The first-order valence-corrected chi connectivity index (χ1v) is 20.2. The van der Waals surface area contributed by atoms with Crippen LogP contribution in [0.15, 0.2) is 189 Å². The molecule has 4 aliphatic rings. The average Bonchev–Trinajstić information content (AvgIpc) is 3.32. The summed E-state index contributed by atoms with van der Waals surface area (Å²) >= 11 is 0. The monoisotopic (exact) mass is 767 g/mol. The second-order valence-corrected chi connectivity index (χ2v) is 15.4. The number of nitrogens with zero attached hydrogens (tertiary/aromatic N) is 9. The number of hydrogen-bond donors (Lipinski definition) is 0. The van der Waals surface area contributed by atoms with Gasteiger partial charge in [0.05, 0.1) is 0 Å². The molecule has 13 rings (SSSR count). The van der Waals surface area contributed by atoms with E-state index in [1.54, 1.807) is 12.7 Å². The Morgan fingerprint density at radius 3 is 1.43 bits per heavy atom. The molecular weight excluding hydrogens is 736 g/mol. The van der Waals surface area contributed by atoms with E-state index in [1.807, 2.05) is 30.5 Å². The van der Waals surface area contributed by atoms with Crippen LogP contribution in [0.5, 0.6) is 0 Å². The Bertz CT molecular complexity index is 2950. The van der Waals surface area contributed by atoms with Crippen molar-refractivity contribution in [1.29, 1.82) is 0 Å². The molecule has 0 atom stereocenters. The van der Waals surface area contributed by atoms with E-state index in [4.69, 9.17) is 19.9 Å². The van der Waals surface area contributed by atoms with E-state index in [0.717, 1.165) is 90.8 Å². The zero-order chi connectivity index (χ0) is 39.3. The highest BCUT2D eigenvalue weighted by atomic mass is 15.3. The first kappa shape index (κ1) is 33.0. The number of fused-ring (bicyclic) bond motifs is 8. The van der Waals surface area contributed by atoms with Crippen molar-refractivity contribution >= 4 is 115 Å². The van der Waals surface area contributed by atoms with Crippen LogP contribution < -0.4 is 52.4 Å². The molecule has 0 amide bonds. The molecule has 7 heterocycles. The van der Waals surface area contributed by atoms with Crippen LogP contribution in [0.1, 0.15) is 0 Å². The minimum Gasteiger partial charge on any atom is -0.311 e. The fourth-order valence-corrected chi connectivity index (χ4v) is 9.93. The van der Waals surface area contributed by atoms with Gasteiger partial charge in [-0.1, -0.05) is 103 Å². The molecule has 0 saturated carbocycles. The van der Waals surface area contributed by atoms with Crippen LogP contribution in [0.4, 0.5) is 68.9 Å². The molecule has 0 bridgehead atoms. The summed E-state index contributed by atoms with van der Waals surface area (Å²) in [6, 6.07) is 60.0. The first-order chi connectivity index (χ1) is 29.8. The van der Waals surface area contributed by atoms with Crippen LogP contribution >= 0.6 is 0 Å². The molecule has 278 valence electrons. The fourth-order valence-electron chi connectivity index (χ4n) is 9.93. The predicted octanol–water partition coefficient (Wildman–Crippen LogP) is 6.83. The minimum atomic E-state index is -0.304. The summed E-state index contributed by atoms with van der Waals surface area (Å²) in [6.45, 7) is -0.421. The van der Waals surface area contributed by atoms with Crippen LogP contribution in [-0.2, 0) is 0 Å². The van der Waals surface area contributed by atoms with Crippen LogP contribution in [0.25, 0.3) is 0 Å². The highest BCUT2D eigenvalue weighted by Gasteiger charge is 2.50. The lowest BCUT2D eigenvalue weighted by molar-refractivity contribution is 1.04. The number of para-hydroxylation sites is 5. The number of pyridine rings is 1. The Labute approximate surface area is 347 Å². The highest BCUT2D eigenvalue weighted by molar-refractivity contribution is 7.02. The Morgan fingerprint density at radius 1 is 0.333 bits per heavy atom. The Morgan fingerprint density at radius 2 is 0.800 bits per heavy atom. The molecule has 0 unspecified atom stereocenters. The molecule has 4 aliphatic heterocycles. The third-order valence-electron chi connectivity index (χ3n) is 12.3. The van der Waals surface area contributed by atoms with Gasteiger partial charge in [-0.15, -0.1) is 0 Å². The van der Waals surface area contributed by atoms with Gasteiger partial charge in [-0.05, 0) is 94.0 Å². The lowest BCUT2D eigenvalue weighted by atomic mass is 9.31. The third-order valence-corrected chi connectivity index (χ3v) is 12.3. The lowest BCUT2D eigenvalue weighted by Gasteiger charge is -2.45. The number of rotatable bonds is 4. The molecular formula is C49H31B2N9. The van der Waals surface area contributed by atoms with E-state index >= 15 is 0 Å². The molecule has 60 heavy (non-hydrogen) atoms. The maximum Gasteiger partial charge on any atom is 0.262 e. The SMILES string of the molecule is c1ccc(N2c3ccccc3B3c4cc5c(nc4N(c4ccccc4)c4cccc2c43)N(c2ccccc2)c2ncnc3c2B5c2cncnc2N3c2ccccc2)cc1. The maximum atomic E-state index is 5.89. The number of anilines is 12. The smallest absolute Gasteiger partial charge is 0.262 e. The molecule has 0 radical (unpaired) electrons. The average molecular weight is 767 g/mol. The minimum absolute atomic E-state index is 0.117. The van der Waals surface area contributed by atoms with E-state index in [2.05, 4.69) is 170 Å². The van der Waals surface area contributed by atoms with Gasteiger partial charge in [0.2, 0.25) is 0 Å². The van der Waals surface area contributed by atoms with E-state index in [9.17, 15) is 0 Å². The van der Waals surface area contributed by atoms with Gasteiger partial charge >= 0.3 is 0 Å². The second kappa shape index (κ2) is 12.7. The molecule has 0 aliphatic carbocycles. The van der Waals surface area contributed by atoms with Crippen molar-refractivity contribution in [3.63, 3.8) is 0 Å². The molecule has 3 aromatic heterocycles. The van der Waals surface area contributed by atoms with E-state index in [1.165, 1.54) is 10.9 Å². The zero-order valence-corrected chi connectivity index (χ0v) is 32.1. The Hall–Kier alpha value is -8.04. The highest BCUT2D eigenvalue weighted by Crippen LogP contribution is 2.46. The molecule has 9 nitrogen and oxygen atoms in total. The molecule has 11 heteroatoms. The zero-order valence-electron chi connectivity index (χ0n) is 32.1. The summed E-state index contributed by atoms with van der Waals surface area (Å²) in [7, 11) is 0. The summed E-state index contributed by atoms with van der Waals surface area (Å²) in [5.74, 6) is 4.03. The van der Waals surface area contributed by atoms with Crippen molar-refractivity contribution in [1.82, 2.24) is 24.9 Å². The number of hydrogen-bond acceptors (Lipinski definition) is 9. The second-order valence-electron chi connectivity index (χ2n) is 15.4. The lowest BCUT2D eigenvalue weighted by Crippen LogP contribution is -2.66. The van der Waals surface area contributed by atoms with Crippen LogP contribution in [0, 0.1) is 0 Å². The van der Waals surface area contributed by atoms with Gasteiger partial charge in [0.15, 0.2) is 0 Å². The van der Waals surface area contributed by atoms with Crippen LogP contribution in [-0.4, -0.2) is 38.3 Å². The first-order valence-electron chi connectivity index (χ1n) is 20.2. The van der Waals surface area contributed by atoms with Gasteiger partial charge in [0.25, 0.3) is 13.4 Å². The molecule has 6 aromatic carbocycles. The summed E-state index contributed by atoms with van der Waals surface area (Å²) < 4.78 is 0. The maximum absolute atomic E-state index is 5.89. The molecule has 0 spiro atoms. The van der Waals surface area contributed by atoms with Crippen LogP contribution in [0.2, 0.25) is 0 Å². The topological polar surface area (TPSA) is 77.4 Å². The van der Waals surface area contributed by atoms with Crippen molar-refractivity contribution in [3.05, 3.63) is 189 Å². The van der Waals surface area contributed by atoms with Crippen molar-refractivity contribution in [2.24, 2.45) is 0 Å². The fraction of sp³-hybridized carbons (Fsp3) is 0. The predicted molar refractivity (Wildman–Crippen MR) is 243 cm³/mol. The van der Waals surface area contributed by atoms with Gasteiger partial charge in [0, 0.05) is 51.5 Å². The summed E-state index contributed by atoms with van der Waals surface area (Å²) in [4.78, 5) is 34.8. The van der Waals surface area contributed by atoms with E-state index in [-0.39, 0.29) is 13.4 Å². The largest absolute Gasteiger partial charge is 0.311 e. The standard InChI is InChI=1S/C49H31B2N9/c1-5-16-32(17-6-1)57-40-25-14-13-24-36(40)50-37-28-38-47(56-46(37)58(33-18-7-2-8-19-33)42-27-15-26-41(57)43(42)50)60(35-22-11-4-12-23-35)49-44-48(54-31-55-49)59(34-20-9-3-10-21-34)45-39(51(38)44)29-52-30-53-45/h1-31H. The summed E-state index contributed by atoms with van der Waals surface area (Å²) in [6.07, 6.45) is 5.25. The quantitative estimate of drug-likeness (QED) is 0.179. The summed E-state index contributed by atoms with van der Waals surface area (Å²) in [5, 5.41) is 0. The van der Waals surface area contributed by atoms with Crippen molar-refractivity contribution < 1.29 is 0 Å². The molecule has 0 saturated heterocycles. The van der Waals surface area contributed by atoms with Crippen molar-refractivity contribution in [3.8, 4) is 0 Å². The number of benzene rings is 6. The van der Waals surface area contributed by atoms with Gasteiger partial charge < -0.3 is 4.90 Å². The third kappa shape index (κ3) is 4.57. The van der Waals surface area contributed by atoms with Gasteiger partial charge in [-0.25, -0.2) is 24.9 Å². The number of aromatic nitrogens is 5.